The number of carbonyl (C=O) groups is 1. The van der Waals surface area contributed by atoms with Crippen LogP contribution >= 0.6 is 23.2 Å². The number of halogens is 2. The molecule has 0 unspecified atom stereocenters. The second kappa shape index (κ2) is 12.1. The number of piperidine rings is 1. The molecule has 1 aliphatic rings. The molecular formula is C24H30Cl2N2O4S. The average molecular weight is 513 g/mol. The maximum absolute atomic E-state index is 12.8. The van der Waals surface area contributed by atoms with Crippen LogP contribution in [0, 0.1) is 5.92 Å². The first-order valence-corrected chi connectivity index (χ1v) is 13.6. The zero-order valence-electron chi connectivity index (χ0n) is 18.7. The summed E-state index contributed by atoms with van der Waals surface area (Å²) in [5, 5.41) is 3.62. The molecule has 2 aromatic carbocycles. The number of nitrogens with zero attached hydrogens (tertiary/aromatic N) is 1. The van der Waals surface area contributed by atoms with Crippen molar-refractivity contribution in [3.63, 3.8) is 0 Å². The molecule has 1 N–H and O–H groups in total. The van der Waals surface area contributed by atoms with Crippen molar-refractivity contribution in [1.82, 2.24) is 9.62 Å². The Morgan fingerprint density at radius 3 is 2.36 bits per heavy atom. The summed E-state index contributed by atoms with van der Waals surface area (Å²) in [5.74, 6) is 0.384. The SMILES string of the molecule is CCCc1ccc(OCCNC(=O)C2CCN(S(=O)(=O)Cc3ccc(Cl)c(Cl)c3)CC2)cc1. The molecule has 0 spiro atoms. The number of nitrogens with one attached hydrogen (secondary N) is 1. The molecule has 1 saturated heterocycles. The van der Waals surface area contributed by atoms with E-state index < -0.39 is 10.0 Å². The van der Waals surface area contributed by atoms with Gasteiger partial charge in [-0.25, -0.2) is 12.7 Å². The number of hydrogen-bond donors (Lipinski definition) is 1. The van der Waals surface area contributed by atoms with Crippen molar-refractivity contribution in [3.05, 3.63) is 63.6 Å². The molecule has 2 aromatic rings. The summed E-state index contributed by atoms with van der Waals surface area (Å²) in [5.41, 5.74) is 1.87. The molecule has 1 heterocycles. The molecular weight excluding hydrogens is 483 g/mol. The predicted molar refractivity (Wildman–Crippen MR) is 132 cm³/mol. The van der Waals surface area contributed by atoms with Crippen LogP contribution in [0.5, 0.6) is 5.75 Å². The molecule has 0 bridgehead atoms. The van der Waals surface area contributed by atoms with Crippen LogP contribution in [0.3, 0.4) is 0 Å². The van der Waals surface area contributed by atoms with Crippen LogP contribution < -0.4 is 10.1 Å². The van der Waals surface area contributed by atoms with E-state index in [-0.39, 0.29) is 17.6 Å². The molecule has 0 atom stereocenters. The van der Waals surface area contributed by atoms with E-state index in [1.807, 2.05) is 12.1 Å². The molecule has 0 aromatic heterocycles. The normalized spacial score (nSPS) is 15.4. The lowest BCUT2D eigenvalue weighted by atomic mass is 9.97. The van der Waals surface area contributed by atoms with E-state index in [1.54, 1.807) is 18.2 Å². The van der Waals surface area contributed by atoms with E-state index in [2.05, 4.69) is 24.4 Å². The van der Waals surface area contributed by atoms with Gasteiger partial charge in [-0.2, -0.15) is 0 Å². The van der Waals surface area contributed by atoms with Crippen LogP contribution in [0.25, 0.3) is 0 Å². The van der Waals surface area contributed by atoms with Crippen LogP contribution in [0.15, 0.2) is 42.5 Å². The smallest absolute Gasteiger partial charge is 0.223 e. The summed E-state index contributed by atoms with van der Waals surface area (Å²) >= 11 is 11.9. The predicted octanol–water partition coefficient (Wildman–Crippen LogP) is 4.68. The molecule has 180 valence electrons. The zero-order valence-corrected chi connectivity index (χ0v) is 21.1. The lowest BCUT2D eigenvalue weighted by molar-refractivity contribution is -0.126. The summed E-state index contributed by atoms with van der Waals surface area (Å²) in [4.78, 5) is 12.5. The van der Waals surface area contributed by atoms with Crippen molar-refractivity contribution in [3.8, 4) is 5.75 Å². The van der Waals surface area contributed by atoms with Crippen molar-refractivity contribution < 1.29 is 17.9 Å². The number of amides is 1. The van der Waals surface area contributed by atoms with Gasteiger partial charge in [0.2, 0.25) is 15.9 Å². The number of ether oxygens (including phenoxy) is 1. The van der Waals surface area contributed by atoms with E-state index in [4.69, 9.17) is 27.9 Å². The second-order valence-electron chi connectivity index (χ2n) is 8.21. The van der Waals surface area contributed by atoms with E-state index >= 15 is 0 Å². The van der Waals surface area contributed by atoms with E-state index in [1.165, 1.54) is 9.87 Å². The van der Waals surface area contributed by atoms with Gasteiger partial charge < -0.3 is 10.1 Å². The third kappa shape index (κ3) is 7.60. The fourth-order valence-electron chi connectivity index (χ4n) is 3.86. The van der Waals surface area contributed by atoms with Gasteiger partial charge in [0.25, 0.3) is 0 Å². The number of hydrogen-bond acceptors (Lipinski definition) is 4. The molecule has 3 rings (SSSR count). The second-order valence-corrected chi connectivity index (χ2v) is 11.0. The highest BCUT2D eigenvalue weighted by atomic mass is 35.5. The monoisotopic (exact) mass is 512 g/mol. The van der Waals surface area contributed by atoms with Crippen molar-refractivity contribution in [2.45, 2.75) is 38.4 Å². The number of carbonyl (C=O) groups excluding carboxylic acids is 1. The molecule has 1 fully saturated rings. The molecule has 0 aliphatic carbocycles. The van der Waals surface area contributed by atoms with Crippen LogP contribution in [-0.4, -0.2) is 44.9 Å². The standard InChI is InChI=1S/C24H30Cl2N2O4S/c1-2-3-18-4-7-21(8-5-18)32-15-12-27-24(29)20-10-13-28(14-11-20)33(30,31)17-19-6-9-22(25)23(26)16-19/h4-9,16,20H,2-3,10-15,17H2,1H3,(H,27,29). The molecule has 33 heavy (non-hydrogen) atoms. The lowest BCUT2D eigenvalue weighted by Gasteiger charge is -2.30. The summed E-state index contributed by atoms with van der Waals surface area (Å²) < 4.78 is 32.7. The maximum atomic E-state index is 12.8. The first-order valence-electron chi connectivity index (χ1n) is 11.2. The van der Waals surface area contributed by atoms with Crippen LogP contribution in [-0.2, 0) is 27.0 Å². The van der Waals surface area contributed by atoms with Crippen LogP contribution in [0.1, 0.15) is 37.3 Å². The Morgan fingerprint density at radius 1 is 1.06 bits per heavy atom. The summed E-state index contributed by atoms with van der Waals surface area (Å²) in [7, 11) is -3.49. The fraction of sp³-hybridized carbons (Fsp3) is 0.458. The molecule has 9 heteroatoms. The highest BCUT2D eigenvalue weighted by Gasteiger charge is 2.31. The van der Waals surface area contributed by atoms with E-state index in [0.717, 1.165) is 18.6 Å². The third-order valence-corrected chi connectivity index (χ3v) is 8.27. The van der Waals surface area contributed by atoms with Crippen LogP contribution in [0.4, 0.5) is 0 Å². The zero-order chi connectivity index (χ0) is 23.8. The highest BCUT2D eigenvalue weighted by molar-refractivity contribution is 7.88. The maximum Gasteiger partial charge on any atom is 0.223 e. The van der Waals surface area contributed by atoms with Gasteiger partial charge in [0.15, 0.2) is 0 Å². The lowest BCUT2D eigenvalue weighted by Crippen LogP contribution is -2.43. The van der Waals surface area contributed by atoms with E-state index in [0.29, 0.717) is 54.7 Å². The fourth-order valence-corrected chi connectivity index (χ4v) is 5.73. The average Bonchev–Trinajstić information content (AvgIpc) is 2.80. The first kappa shape index (κ1) is 25.8. The summed E-state index contributed by atoms with van der Waals surface area (Å²) in [6.07, 6.45) is 3.14. The van der Waals surface area contributed by atoms with Crippen molar-refractivity contribution in [1.29, 1.82) is 0 Å². The number of sulfonamides is 1. The van der Waals surface area contributed by atoms with Gasteiger partial charge in [0.1, 0.15) is 12.4 Å². The number of aryl methyl sites for hydroxylation is 1. The third-order valence-electron chi connectivity index (χ3n) is 5.68. The topological polar surface area (TPSA) is 75.7 Å². The Balaban J connectivity index is 1.39. The van der Waals surface area contributed by atoms with Gasteiger partial charge in [0, 0.05) is 19.0 Å². The van der Waals surface area contributed by atoms with E-state index in [9.17, 15) is 13.2 Å². The van der Waals surface area contributed by atoms with Gasteiger partial charge >= 0.3 is 0 Å². The van der Waals surface area contributed by atoms with Gasteiger partial charge in [-0.05, 0) is 54.7 Å². The Labute approximate surface area is 206 Å². The van der Waals surface area contributed by atoms with Gasteiger partial charge in [-0.15, -0.1) is 0 Å². The molecule has 0 saturated carbocycles. The minimum absolute atomic E-state index is 0.0570. The summed E-state index contributed by atoms with van der Waals surface area (Å²) in [6, 6.07) is 12.8. The quantitative estimate of drug-likeness (QED) is 0.468. The first-order chi connectivity index (χ1) is 15.8. The largest absolute Gasteiger partial charge is 0.492 e. The van der Waals surface area contributed by atoms with Gasteiger partial charge in [-0.3, -0.25) is 4.79 Å². The van der Waals surface area contributed by atoms with Gasteiger partial charge in [-0.1, -0.05) is 54.7 Å². The molecule has 0 radical (unpaired) electrons. The van der Waals surface area contributed by atoms with Gasteiger partial charge in [0.05, 0.1) is 22.3 Å². The van der Waals surface area contributed by atoms with Crippen LogP contribution in [0.2, 0.25) is 10.0 Å². The number of rotatable bonds is 10. The Hall–Kier alpha value is -1.80. The van der Waals surface area contributed by atoms with Crippen molar-refractivity contribution in [2.75, 3.05) is 26.2 Å². The number of benzene rings is 2. The Bertz CT molecular complexity index is 1040. The van der Waals surface area contributed by atoms with Crippen molar-refractivity contribution >= 4 is 39.1 Å². The highest BCUT2D eigenvalue weighted by Crippen LogP contribution is 2.26. The Kier molecular flexibility index (Phi) is 9.44. The molecule has 6 nitrogen and oxygen atoms in total. The molecule has 1 amide bonds. The van der Waals surface area contributed by atoms with Crippen molar-refractivity contribution in [2.24, 2.45) is 5.92 Å². The molecule has 1 aliphatic heterocycles. The minimum atomic E-state index is -3.49. The minimum Gasteiger partial charge on any atom is -0.492 e. The Morgan fingerprint density at radius 2 is 1.73 bits per heavy atom. The summed E-state index contributed by atoms with van der Waals surface area (Å²) in [6.45, 7) is 3.58.